The van der Waals surface area contributed by atoms with E-state index in [0.29, 0.717) is 24.1 Å². The number of rotatable bonds is 4. The molecule has 0 saturated heterocycles. The Morgan fingerprint density at radius 1 is 1.45 bits per heavy atom. The van der Waals surface area contributed by atoms with E-state index in [1.165, 1.54) is 0 Å². The summed E-state index contributed by atoms with van der Waals surface area (Å²) in [5.41, 5.74) is 0.358. The Labute approximate surface area is 119 Å². The van der Waals surface area contributed by atoms with Gasteiger partial charge in [0.05, 0.1) is 17.8 Å². The number of hydrogen-bond acceptors (Lipinski definition) is 4. The van der Waals surface area contributed by atoms with Crippen LogP contribution in [0.1, 0.15) is 37.9 Å². The molecule has 1 N–H and O–H groups in total. The molecule has 1 aliphatic rings. The van der Waals surface area contributed by atoms with Gasteiger partial charge in [0.15, 0.2) is 5.04 Å². The Kier molecular flexibility index (Phi) is 3.93. The van der Waals surface area contributed by atoms with Crippen molar-refractivity contribution in [2.75, 3.05) is 0 Å². The number of aromatic nitrogens is 1. The number of nitrogens with zero attached hydrogens (tertiary/aromatic N) is 2. The van der Waals surface area contributed by atoms with E-state index >= 15 is 0 Å². The molecule has 106 valence electrons. The van der Waals surface area contributed by atoms with Gasteiger partial charge in [-0.15, -0.1) is 6.42 Å². The zero-order valence-corrected chi connectivity index (χ0v) is 12.4. The van der Waals surface area contributed by atoms with Gasteiger partial charge in [0.2, 0.25) is 0 Å². The van der Waals surface area contributed by atoms with E-state index in [0.717, 1.165) is 0 Å². The smallest absolute Gasteiger partial charge is 0.259 e. The van der Waals surface area contributed by atoms with E-state index in [1.54, 1.807) is 18.3 Å². The van der Waals surface area contributed by atoms with Crippen LogP contribution in [0.5, 0.6) is 0 Å². The number of sulfonamides is 1. The van der Waals surface area contributed by atoms with Crippen molar-refractivity contribution in [2.45, 2.75) is 38.8 Å². The normalized spacial score (nSPS) is 14.6. The van der Waals surface area contributed by atoms with E-state index < -0.39 is 15.6 Å². The predicted octanol–water partition coefficient (Wildman–Crippen LogP) is 1.45. The molecule has 1 aromatic rings. The number of pyridine rings is 1. The van der Waals surface area contributed by atoms with Gasteiger partial charge in [-0.2, -0.15) is 4.72 Å². The summed E-state index contributed by atoms with van der Waals surface area (Å²) < 4.78 is 27.7. The molecule has 0 aromatic carbocycles. The summed E-state index contributed by atoms with van der Waals surface area (Å²) >= 11 is 0. The molecule has 2 rings (SSSR count). The minimum atomic E-state index is -3.75. The lowest BCUT2D eigenvalue weighted by molar-refractivity contribution is 0.456. The molecule has 0 radical (unpaired) electrons. The van der Waals surface area contributed by atoms with Crippen molar-refractivity contribution in [1.82, 2.24) is 9.71 Å². The second-order valence-electron chi connectivity index (χ2n) is 4.66. The van der Waals surface area contributed by atoms with Crippen molar-refractivity contribution in [3.63, 3.8) is 0 Å². The van der Waals surface area contributed by atoms with E-state index in [9.17, 15) is 8.42 Å². The highest BCUT2D eigenvalue weighted by Crippen LogP contribution is 2.22. The molecule has 0 atom stereocenters. The highest BCUT2D eigenvalue weighted by Gasteiger charge is 2.35. The van der Waals surface area contributed by atoms with Gasteiger partial charge in [-0.1, -0.05) is 19.8 Å². The molecule has 0 fully saturated rings. The fourth-order valence-corrected chi connectivity index (χ4v) is 3.82. The minimum Gasteiger partial charge on any atom is -0.265 e. The first-order valence-corrected chi connectivity index (χ1v) is 7.97. The Morgan fingerprint density at radius 3 is 2.75 bits per heavy atom. The second kappa shape index (κ2) is 5.35. The molecule has 1 aliphatic heterocycles. The predicted molar refractivity (Wildman–Crippen MR) is 78.7 cm³/mol. The van der Waals surface area contributed by atoms with Crippen LogP contribution in [0, 0.1) is 12.3 Å². The molecule has 5 nitrogen and oxygen atoms in total. The molecule has 6 heteroatoms. The van der Waals surface area contributed by atoms with Crippen LogP contribution >= 0.6 is 0 Å². The van der Waals surface area contributed by atoms with E-state index in [1.807, 2.05) is 13.8 Å². The quantitative estimate of drug-likeness (QED) is 0.854. The number of terminal acetylenes is 1. The van der Waals surface area contributed by atoms with Crippen LogP contribution in [0.15, 0.2) is 23.3 Å². The van der Waals surface area contributed by atoms with Gasteiger partial charge in [-0.05, 0) is 25.0 Å². The molecule has 0 aliphatic carbocycles. The van der Waals surface area contributed by atoms with Crippen LogP contribution in [0.3, 0.4) is 0 Å². The fourth-order valence-electron chi connectivity index (χ4n) is 2.15. The summed E-state index contributed by atoms with van der Waals surface area (Å²) in [6.45, 7) is 4.00. The van der Waals surface area contributed by atoms with Crippen molar-refractivity contribution in [1.29, 1.82) is 0 Å². The molecule has 0 spiro atoms. The summed E-state index contributed by atoms with van der Waals surface area (Å²) in [6.07, 6.45) is 8.17. The van der Waals surface area contributed by atoms with E-state index in [2.05, 4.69) is 20.6 Å². The molecule has 0 bridgehead atoms. The topological polar surface area (TPSA) is 71.4 Å². The summed E-state index contributed by atoms with van der Waals surface area (Å²) in [5, 5.41) is 0.0297. The minimum absolute atomic E-state index is 0.0297. The number of nitrogens with one attached hydrogen (secondary N) is 1. The van der Waals surface area contributed by atoms with Crippen molar-refractivity contribution < 1.29 is 8.42 Å². The van der Waals surface area contributed by atoms with E-state index in [4.69, 9.17) is 6.42 Å². The molecule has 2 heterocycles. The van der Waals surface area contributed by atoms with Crippen molar-refractivity contribution >= 4 is 15.1 Å². The van der Waals surface area contributed by atoms with Gasteiger partial charge in [0.1, 0.15) is 0 Å². The summed E-state index contributed by atoms with van der Waals surface area (Å²) in [5.74, 6) is 2.56. The molecule has 1 aromatic heterocycles. The van der Waals surface area contributed by atoms with Crippen LogP contribution < -0.4 is 4.72 Å². The lowest BCUT2D eigenvalue weighted by Crippen LogP contribution is -2.48. The highest BCUT2D eigenvalue weighted by molar-refractivity contribution is 8.05. The van der Waals surface area contributed by atoms with Gasteiger partial charge in [-0.25, -0.2) is 8.42 Å². The first kappa shape index (κ1) is 14.7. The summed E-state index contributed by atoms with van der Waals surface area (Å²) in [7, 11) is -3.75. The van der Waals surface area contributed by atoms with Crippen LogP contribution in [-0.2, 0) is 16.6 Å². The lowest BCUT2D eigenvalue weighted by atomic mass is 9.96. The first-order valence-electron chi connectivity index (χ1n) is 6.48. The maximum absolute atomic E-state index is 12.5. The molecule has 0 amide bonds. The summed E-state index contributed by atoms with van der Waals surface area (Å²) in [4.78, 5) is 8.23. The lowest BCUT2D eigenvalue weighted by Gasteiger charge is -2.26. The zero-order chi connectivity index (χ0) is 14.8. The van der Waals surface area contributed by atoms with Crippen LogP contribution in [0.4, 0.5) is 0 Å². The standard InChI is InChI=1S/C14H17N3O2S/c1-4-14(5-2,6-3)17-20(18,19)13-11-8-7-9-15-12(11)10-16-13/h1,7-9,17H,5-6,10H2,2-3H3. The van der Waals surface area contributed by atoms with Gasteiger partial charge in [0, 0.05) is 11.8 Å². The van der Waals surface area contributed by atoms with Crippen molar-refractivity contribution in [3.05, 3.63) is 29.6 Å². The van der Waals surface area contributed by atoms with Gasteiger partial charge in [0.25, 0.3) is 10.0 Å². The Hall–Kier alpha value is -1.71. The average Bonchev–Trinajstić information content (AvgIpc) is 2.90. The maximum atomic E-state index is 12.5. The Morgan fingerprint density at radius 2 is 2.15 bits per heavy atom. The van der Waals surface area contributed by atoms with Gasteiger partial charge < -0.3 is 0 Å². The molecule has 0 unspecified atom stereocenters. The summed E-state index contributed by atoms with van der Waals surface area (Å²) in [6, 6.07) is 3.41. The number of aliphatic imine (C=N–C) groups is 1. The monoisotopic (exact) mass is 291 g/mol. The van der Waals surface area contributed by atoms with Crippen LogP contribution in [0.2, 0.25) is 0 Å². The van der Waals surface area contributed by atoms with Gasteiger partial charge >= 0.3 is 0 Å². The third-order valence-electron chi connectivity index (χ3n) is 3.56. The third kappa shape index (κ3) is 2.47. The average molecular weight is 291 g/mol. The Bertz CT molecular complexity index is 683. The zero-order valence-electron chi connectivity index (χ0n) is 11.5. The van der Waals surface area contributed by atoms with Crippen molar-refractivity contribution in [2.24, 2.45) is 4.99 Å². The molecule has 20 heavy (non-hydrogen) atoms. The maximum Gasteiger partial charge on any atom is 0.259 e. The van der Waals surface area contributed by atoms with Crippen molar-refractivity contribution in [3.8, 4) is 12.3 Å². The largest absolute Gasteiger partial charge is 0.265 e. The number of hydrogen-bond donors (Lipinski definition) is 1. The highest BCUT2D eigenvalue weighted by atomic mass is 32.2. The molecular formula is C14H17N3O2S. The molecular weight excluding hydrogens is 274 g/mol. The third-order valence-corrected chi connectivity index (χ3v) is 5.08. The molecule has 0 saturated carbocycles. The van der Waals surface area contributed by atoms with Crippen LogP contribution in [0.25, 0.3) is 0 Å². The first-order chi connectivity index (χ1) is 9.48. The number of fused-ring (bicyclic) bond motifs is 1. The van der Waals surface area contributed by atoms with E-state index in [-0.39, 0.29) is 11.6 Å². The Balaban J connectivity index is 2.37. The fraction of sp³-hybridized carbons (Fsp3) is 0.429. The van der Waals surface area contributed by atoms with Gasteiger partial charge in [-0.3, -0.25) is 9.98 Å². The second-order valence-corrected chi connectivity index (χ2v) is 6.26. The van der Waals surface area contributed by atoms with Crippen LogP contribution in [-0.4, -0.2) is 24.0 Å². The SMILES string of the molecule is C#CC(CC)(CC)NS(=O)(=O)C1=NCc2ncccc21.